The van der Waals surface area contributed by atoms with Gasteiger partial charge < -0.3 is 23.3 Å². The molecule has 0 fully saturated rings. The summed E-state index contributed by atoms with van der Waals surface area (Å²) in [5, 5.41) is 5.08. The summed E-state index contributed by atoms with van der Waals surface area (Å²) in [7, 11) is -0.544. The van der Waals surface area contributed by atoms with E-state index in [2.05, 4.69) is 85.0 Å². The van der Waals surface area contributed by atoms with Gasteiger partial charge in [-0.2, -0.15) is 13.9 Å². The molecule has 18 heteroatoms. The van der Waals surface area contributed by atoms with Crippen molar-refractivity contribution in [2.45, 2.75) is 71.4 Å². The maximum atomic E-state index is 12.7. The Labute approximate surface area is 315 Å². The van der Waals surface area contributed by atoms with Crippen molar-refractivity contribution in [2.24, 2.45) is 7.05 Å². The minimum Gasteiger partial charge on any atom is -0.435 e. The normalized spacial score (nSPS) is 12.1. The van der Waals surface area contributed by atoms with Crippen molar-refractivity contribution in [3.8, 4) is 17.1 Å². The lowest BCUT2D eigenvalue weighted by atomic mass is 10.1. The Morgan fingerprint density at radius 3 is 1.91 bits per heavy atom. The lowest BCUT2D eigenvalue weighted by molar-refractivity contribution is -0.0497. The molecule has 6 aromatic rings. The van der Waals surface area contributed by atoms with E-state index in [1.54, 1.807) is 47.2 Å². The molecule has 0 N–H and O–H groups in total. The first-order valence-corrected chi connectivity index (χ1v) is 25.1. The van der Waals surface area contributed by atoms with Gasteiger partial charge in [0.05, 0.1) is 29.0 Å². The van der Waals surface area contributed by atoms with Crippen molar-refractivity contribution in [3.63, 3.8) is 0 Å². The molecule has 1 aromatic carbocycles. The third-order valence-corrected chi connectivity index (χ3v) is 11.9. The van der Waals surface area contributed by atoms with Crippen molar-refractivity contribution in [1.29, 1.82) is 0 Å². The lowest BCUT2D eigenvalue weighted by Crippen LogP contribution is -2.22. The molecule has 0 saturated heterocycles. The molecular formula is C35H43BrF2N8O5Si2. The molecule has 0 radical (unpaired) electrons. The van der Waals surface area contributed by atoms with Gasteiger partial charge in [0.2, 0.25) is 0 Å². The molecular weight excluding hydrogens is 787 g/mol. The minimum absolute atomic E-state index is 0.0241. The fraction of sp³-hybridized carbons (Fsp3) is 0.400. The molecule has 5 heterocycles. The van der Waals surface area contributed by atoms with Crippen molar-refractivity contribution >= 4 is 77.9 Å². The molecule has 0 unspecified atom stereocenters. The standard InChI is InChI=1S/C22H25F2N5O3Si.C13H18BrN3O2Si/c1-28-18-6-5-15(32-22(23)24)9-16(18)20(27-28)17-10-25-21-19(26-17)14(12-30)11-29(21)13-31-7-8-33(2,3)4;1-20(2,3)5-4-19-9-17-7-10(8-18)12-13(17)15-6-11(14)16-12/h5-6,9-12,22H,7-8,13H2,1-4H3;6-8H,4-5,9H2,1-3H3. The van der Waals surface area contributed by atoms with E-state index in [4.69, 9.17) is 9.47 Å². The molecule has 282 valence electrons. The number of rotatable bonds is 15. The van der Waals surface area contributed by atoms with Gasteiger partial charge in [-0.15, -0.1) is 0 Å². The number of benzene rings is 1. The monoisotopic (exact) mass is 828 g/mol. The quantitative estimate of drug-likeness (QED) is 0.0568. The van der Waals surface area contributed by atoms with Gasteiger partial charge in [-0.05, 0) is 46.2 Å². The van der Waals surface area contributed by atoms with Crippen LogP contribution in [0.2, 0.25) is 51.4 Å². The number of carbonyl (C=O) groups excluding carboxylic acids is 2. The van der Waals surface area contributed by atoms with E-state index in [1.165, 1.54) is 12.1 Å². The Bertz CT molecular complexity index is 2230. The molecule has 0 aliphatic carbocycles. The van der Waals surface area contributed by atoms with E-state index < -0.39 is 22.8 Å². The first kappa shape index (κ1) is 40.0. The molecule has 0 bridgehead atoms. The first-order valence-electron chi connectivity index (χ1n) is 16.9. The number of carbonyl (C=O) groups is 2. The fourth-order valence-electron chi connectivity index (χ4n) is 5.31. The number of aryl methyl sites for hydroxylation is 1. The average Bonchev–Trinajstić information content (AvgIpc) is 3.74. The maximum absolute atomic E-state index is 12.7. The van der Waals surface area contributed by atoms with Crippen LogP contribution in [0.3, 0.4) is 0 Å². The van der Waals surface area contributed by atoms with Crippen LogP contribution in [0.15, 0.2) is 47.6 Å². The number of ether oxygens (including phenoxy) is 3. The zero-order valence-corrected chi connectivity index (χ0v) is 34.4. The van der Waals surface area contributed by atoms with Crippen LogP contribution >= 0.6 is 15.9 Å². The molecule has 0 spiro atoms. The molecule has 0 aliphatic heterocycles. The highest BCUT2D eigenvalue weighted by Gasteiger charge is 2.19. The number of halogens is 3. The third-order valence-electron chi connectivity index (χ3n) is 8.15. The number of aromatic nitrogens is 8. The summed E-state index contributed by atoms with van der Waals surface area (Å²) < 4.78 is 47.2. The first-order chi connectivity index (χ1) is 25.1. The van der Waals surface area contributed by atoms with Crippen molar-refractivity contribution in [2.75, 3.05) is 13.2 Å². The van der Waals surface area contributed by atoms with Gasteiger partial charge in [0.15, 0.2) is 23.9 Å². The summed E-state index contributed by atoms with van der Waals surface area (Å²) in [4.78, 5) is 40.5. The van der Waals surface area contributed by atoms with Gasteiger partial charge in [-0.25, -0.2) is 19.9 Å². The molecule has 53 heavy (non-hydrogen) atoms. The maximum Gasteiger partial charge on any atom is 0.387 e. The van der Waals surface area contributed by atoms with Gasteiger partial charge >= 0.3 is 6.61 Å². The van der Waals surface area contributed by atoms with Crippen LogP contribution in [-0.2, 0) is 30.0 Å². The second kappa shape index (κ2) is 16.8. The van der Waals surface area contributed by atoms with E-state index in [-0.39, 0.29) is 12.5 Å². The van der Waals surface area contributed by atoms with Crippen LogP contribution in [0.4, 0.5) is 8.78 Å². The molecule has 13 nitrogen and oxygen atoms in total. The van der Waals surface area contributed by atoms with Crippen molar-refractivity contribution in [1.82, 2.24) is 38.9 Å². The zero-order chi connectivity index (χ0) is 38.5. The molecule has 0 amide bonds. The number of hydrogen-bond donors (Lipinski definition) is 0. The Kier molecular flexibility index (Phi) is 12.7. The van der Waals surface area contributed by atoms with Crippen LogP contribution in [0.1, 0.15) is 20.7 Å². The Morgan fingerprint density at radius 1 is 0.830 bits per heavy atom. The SMILES string of the molecule is C[Si](C)(C)CCOCn1cc(C=O)c2nc(Br)cnc21.Cn1nc(-c2cnc3c(n2)c(C=O)cn3COCC[Si](C)(C)C)c2cc(OC(F)F)ccc21. The van der Waals surface area contributed by atoms with E-state index in [9.17, 15) is 18.4 Å². The fourth-order valence-corrected chi connectivity index (χ4v) is 7.10. The Balaban J connectivity index is 0.000000231. The predicted octanol–water partition coefficient (Wildman–Crippen LogP) is 8.03. The number of alkyl halides is 2. The lowest BCUT2D eigenvalue weighted by Gasteiger charge is -2.15. The third kappa shape index (κ3) is 10.3. The summed E-state index contributed by atoms with van der Waals surface area (Å²) in [6, 6.07) is 6.76. The number of fused-ring (bicyclic) bond motifs is 3. The minimum atomic E-state index is -2.93. The van der Waals surface area contributed by atoms with Gasteiger partial charge in [0.1, 0.15) is 46.2 Å². The topological polar surface area (TPSA) is 141 Å². The molecule has 0 saturated carbocycles. The van der Waals surface area contributed by atoms with Crippen LogP contribution in [0, 0.1) is 0 Å². The average molecular weight is 830 g/mol. The molecule has 0 aliphatic rings. The number of aldehydes is 2. The highest BCUT2D eigenvalue weighted by Crippen LogP contribution is 2.31. The Hall–Kier alpha value is -4.24. The zero-order valence-electron chi connectivity index (χ0n) is 30.8. The van der Waals surface area contributed by atoms with Crippen LogP contribution in [0.5, 0.6) is 5.75 Å². The van der Waals surface area contributed by atoms with E-state index in [0.717, 1.165) is 36.8 Å². The summed E-state index contributed by atoms with van der Waals surface area (Å²) >= 11 is 3.27. The largest absolute Gasteiger partial charge is 0.435 e. The van der Waals surface area contributed by atoms with Crippen LogP contribution in [0.25, 0.3) is 44.6 Å². The summed E-state index contributed by atoms with van der Waals surface area (Å²) in [6.07, 6.45) is 8.10. The number of nitrogens with zero attached hydrogens (tertiary/aromatic N) is 8. The molecule has 6 rings (SSSR count). The predicted molar refractivity (Wildman–Crippen MR) is 208 cm³/mol. The van der Waals surface area contributed by atoms with E-state index >= 15 is 0 Å². The van der Waals surface area contributed by atoms with Crippen LogP contribution < -0.4 is 4.74 Å². The second-order valence-corrected chi connectivity index (χ2v) is 26.9. The number of hydrogen-bond acceptors (Lipinski definition) is 10. The second-order valence-electron chi connectivity index (χ2n) is 14.9. The van der Waals surface area contributed by atoms with Gasteiger partial charge in [-0.3, -0.25) is 14.3 Å². The van der Waals surface area contributed by atoms with Gasteiger partial charge in [0.25, 0.3) is 0 Å². The summed E-state index contributed by atoms with van der Waals surface area (Å²) in [6.45, 7) is 12.9. The molecule has 0 atom stereocenters. The van der Waals surface area contributed by atoms with Gasteiger partial charge in [0, 0.05) is 54.2 Å². The Morgan fingerprint density at radius 2 is 1.38 bits per heavy atom. The summed E-state index contributed by atoms with van der Waals surface area (Å²) in [5.41, 5.74) is 4.73. The van der Waals surface area contributed by atoms with Gasteiger partial charge in [-0.1, -0.05) is 39.3 Å². The highest BCUT2D eigenvalue weighted by molar-refractivity contribution is 9.10. The summed E-state index contributed by atoms with van der Waals surface area (Å²) in [5.74, 6) is 0.0241. The highest BCUT2D eigenvalue weighted by atomic mass is 79.9. The van der Waals surface area contributed by atoms with E-state index in [1.807, 2.05) is 4.57 Å². The van der Waals surface area contributed by atoms with E-state index in [0.29, 0.717) is 68.2 Å². The van der Waals surface area contributed by atoms with Crippen molar-refractivity contribution in [3.05, 3.63) is 58.7 Å². The smallest absolute Gasteiger partial charge is 0.387 e. The van der Waals surface area contributed by atoms with Crippen LogP contribution in [-0.4, -0.2) is 87.4 Å². The molecule has 5 aromatic heterocycles. The van der Waals surface area contributed by atoms with Crippen molar-refractivity contribution < 1.29 is 32.6 Å².